The summed E-state index contributed by atoms with van der Waals surface area (Å²) in [5.41, 5.74) is 1.69. The van der Waals surface area contributed by atoms with Crippen molar-refractivity contribution in [3.05, 3.63) is 36.4 Å². The molecule has 1 aliphatic carbocycles. The molecule has 3 rings (SSSR count). The third kappa shape index (κ3) is 5.67. The average Bonchev–Trinajstić information content (AvgIpc) is 2.74. The van der Waals surface area contributed by atoms with Gasteiger partial charge in [-0.3, -0.25) is 0 Å². The minimum Gasteiger partial charge on any atom is -0.496 e. The fourth-order valence-corrected chi connectivity index (χ4v) is 4.33. The summed E-state index contributed by atoms with van der Waals surface area (Å²) < 4.78 is 31.9. The largest absolute Gasteiger partial charge is 0.496 e. The minimum absolute atomic E-state index is 0.333. The molecular formula is C21H30N4O3S. The average molecular weight is 419 g/mol. The van der Waals surface area contributed by atoms with Gasteiger partial charge in [-0.05, 0) is 69.7 Å². The van der Waals surface area contributed by atoms with E-state index in [0.29, 0.717) is 18.5 Å². The van der Waals surface area contributed by atoms with Crippen LogP contribution in [0.3, 0.4) is 0 Å². The topological polar surface area (TPSA) is 93.2 Å². The second kappa shape index (κ2) is 9.54. The van der Waals surface area contributed by atoms with Gasteiger partial charge in [0.05, 0.1) is 18.1 Å². The Bertz CT molecular complexity index is 892. The Morgan fingerprint density at radius 2 is 1.79 bits per heavy atom. The number of rotatable bonds is 8. The van der Waals surface area contributed by atoms with Crippen LogP contribution in [0.15, 0.2) is 36.4 Å². The summed E-state index contributed by atoms with van der Waals surface area (Å²) in [6.07, 6.45) is 3.96. The van der Waals surface area contributed by atoms with Crippen molar-refractivity contribution in [3.63, 3.8) is 0 Å². The van der Waals surface area contributed by atoms with E-state index < -0.39 is 15.3 Å². The highest BCUT2D eigenvalue weighted by Gasteiger charge is 2.24. The Hall–Kier alpha value is -2.19. The van der Waals surface area contributed by atoms with Gasteiger partial charge in [-0.15, -0.1) is 10.2 Å². The second-order valence-corrected chi connectivity index (χ2v) is 10.1. The lowest BCUT2D eigenvalue weighted by molar-refractivity contribution is 0.336. The molecule has 1 aliphatic rings. The molecule has 0 spiro atoms. The summed E-state index contributed by atoms with van der Waals surface area (Å²) in [4.78, 5) is 0. The lowest BCUT2D eigenvalue weighted by Gasteiger charge is -2.29. The van der Waals surface area contributed by atoms with Gasteiger partial charge in [-0.1, -0.05) is 12.1 Å². The molecule has 2 N–H and O–H groups in total. The summed E-state index contributed by atoms with van der Waals surface area (Å²) in [5.74, 6) is 1.92. The number of methoxy groups -OCH3 is 1. The van der Waals surface area contributed by atoms with Crippen LogP contribution in [-0.4, -0.2) is 43.6 Å². The molecule has 7 nitrogen and oxygen atoms in total. The highest BCUT2D eigenvalue weighted by Crippen LogP contribution is 2.29. The highest BCUT2D eigenvalue weighted by molar-refractivity contribution is 7.90. The third-order valence-corrected chi connectivity index (χ3v) is 7.25. The molecule has 0 aliphatic heterocycles. The Kier molecular flexibility index (Phi) is 7.08. The van der Waals surface area contributed by atoms with E-state index in [9.17, 15) is 8.42 Å². The predicted octanol–water partition coefficient (Wildman–Crippen LogP) is 3.45. The molecule has 0 saturated heterocycles. The molecule has 1 heterocycles. The maximum absolute atomic E-state index is 11.9. The zero-order valence-corrected chi connectivity index (χ0v) is 18.1. The number of para-hydroxylation sites is 1. The van der Waals surface area contributed by atoms with E-state index in [-0.39, 0.29) is 0 Å². The SMILES string of the molecule is COc1ccccc1-c1ccc(NC2CCC(CNS(=O)(=O)C(C)C)CC2)nn1. The van der Waals surface area contributed by atoms with Gasteiger partial charge in [0.2, 0.25) is 10.0 Å². The van der Waals surface area contributed by atoms with Gasteiger partial charge in [-0.2, -0.15) is 0 Å². The molecule has 0 bridgehead atoms. The predicted molar refractivity (Wildman–Crippen MR) is 115 cm³/mol. The summed E-state index contributed by atoms with van der Waals surface area (Å²) in [6.45, 7) is 3.92. The first-order valence-electron chi connectivity index (χ1n) is 10.1. The van der Waals surface area contributed by atoms with Crippen LogP contribution in [-0.2, 0) is 10.0 Å². The van der Waals surface area contributed by atoms with Gasteiger partial charge < -0.3 is 10.1 Å². The molecule has 158 valence electrons. The van der Waals surface area contributed by atoms with E-state index in [1.165, 1.54) is 0 Å². The van der Waals surface area contributed by atoms with Crippen molar-refractivity contribution < 1.29 is 13.2 Å². The van der Waals surface area contributed by atoms with E-state index in [0.717, 1.165) is 48.5 Å². The minimum atomic E-state index is -3.18. The van der Waals surface area contributed by atoms with E-state index in [2.05, 4.69) is 20.2 Å². The smallest absolute Gasteiger partial charge is 0.213 e. The van der Waals surface area contributed by atoms with Gasteiger partial charge >= 0.3 is 0 Å². The molecule has 1 aromatic heterocycles. The first kappa shape index (κ1) is 21.5. The number of hydrogen-bond acceptors (Lipinski definition) is 6. The molecule has 8 heteroatoms. The normalized spacial score (nSPS) is 19.9. The van der Waals surface area contributed by atoms with Gasteiger partial charge in [0, 0.05) is 18.2 Å². The van der Waals surface area contributed by atoms with E-state index in [4.69, 9.17) is 4.74 Å². The Morgan fingerprint density at radius 3 is 2.41 bits per heavy atom. The van der Waals surface area contributed by atoms with Crippen LogP contribution in [0.4, 0.5) is 5.82 Å². The van der Waals surface area contributed by atoms with Crippen molar-refractivity contribution in [1.29, 1.82) is 0 Å². The lowest BCUT2D eigenvalue weighted by atomic mass is 9.86. The molecule has 0 atom stereocenters. The standard InChI is InChI=1S/C21H30N4O3S/c1-15(2)29(26,27)22-14-16-8-10-17(11-9-16)23-21-13-12-19(24-25-21)18-6-4-5-7-20(18)28-3/h4-7,12-13,15-17,22H,8-11,14H2,1-3H3,(H,23,25). The summed E-state index contributed by atoms with van der Waals surface area (Å²) in [5, 5.41) is 11.7. The second-order valence-electron chi connectivity index (χ2n) is 7.81. The monoisotopic (exact) mass is 418 g/mol. The van der Waals surface area contributed by atoms with Crippen LogP contribution < -0.4 is 14.8 Å². The van der Waals surface area contributed by atoms with Gasteiger partial charge in [-0.25, -0.2) is 13.1 Å². The maximum Gasteiger partial charge on any atom is 0.213 e. The van der Waals surface area contributed by atoms with Crippen LogP contribution in [0, 0.1) is 5.92 Å². The van der Waals surface area contributed by atoms with E-state index in [1.54, 1.807) is 21.0 Å². The summed E-state index contributed by atoms with van der Waals surface area (Å²) in [6, 6.07) is 12.0. The van der Waals surface area contributed by atoms with Crippen LogP contribution in [0.25, 0.3) is 11.3 Å². The van der Waals surface area contributed by atoms with Crippen molar-refractivity contribution in [2.24, 2.45) is 5.92 Å². The first-order valence-corrected chi connectivity index (χ1v) is 11.7. The summed E-state index contributed by atoms with van der Waals surface area (Å²) >= 11 is 0. The molecule has 1 aromatic carbocycles. The number of nitrogens with zero attached hydrogens (tertiary/aromatic N) is 2. The number of anilines is 1. The molecule has 1 fully saturated rings. The van der Waals surface area contributed by atoms with E-state index in [1.807, 2.05) is 36.4 Å². The molecule has 0 amide bonds. The van der Waals surface area contributed by atoms with Crippen molar-refractivity contribution in [2.75, 3.05) is 19.0 Å². The van der Waals surface area contributed by atoms with Crippen LogP contribution >= 0.6 is 0 Å². The Labute approximate surface area is 173 Å². The van der Waals surface area contributed by atoms with Gasteiger partial charge in [0.25, 0.3) is 0 Å². The van der Waals surface area contributed by atoms with Crippen LogP contribution in [0.2, 0.25) is 0 Å². The number of nitrogens with one attached hydrogen (secondary N) is 2. The van der Waals surface area contributed by atoms with Crippen LogP contribution in [0.5, 0.6) is 5.75 Å². The lowest BCUT2D eigenvalue weighted by Crippen LogP contribution is -2.37. The molecule has 2 aromatic rings. The number of sulfonamides is 1. The fourth-order valence-electron chi connectivity index (χ4n) is 3.53. The molecule has 0 radical (unpaired) electrons. The van der Waals surface area contributed by atoms with Crippen molar-refractivity contribution in [3.8, 4) is 17.0 Å². The number of hydrogen-bond donors (Lipinski definition) is 2. The molecule has 1 saturated carbocycles. The number of aromatic nitrogens is 2. The Morgan fingerprint density at radius 1 is 1.07 bits per heavy atom. The van der Waals surface area contributed by atoms with Crippen molar-refractivity contribution in [1.82, 2.24) is 14.9 Å². The zero-order chi connectivity index (χ0) is 20.9. The zero-order valence-electron chi connectivity index (χ0n) is 17.3. The van der Waals surface area contributed by atoms with E-state index >= 15 is 0 Å². The van der Waals surface area contributed by atoms with Crippen molar-refractivity contribution >= 4 is 15.8 Å². The Balaban J connectivity index is 1.51. The highest BCUT2D eigenvalue weighted by atomic mass is 32.2. The van der Waals surface area contributed by atoms with Gasteiger partial charge in [0.15, 0.2) is 0 Å². The van der Waals surface area contributed by atoms with Gasteiger partial charge in [0.1, 0.15) is 11.6 Å². The van der Waals surface area contributed by atoms with Crippen molar-refractivity contribution in [2.45, 2.75) is 50.8 Å². The summed E-state index contributed by atoms with van der Waals surface area (Å²) in [7, 11) is -1.54. The number of ether oxygens (including phenoxy) is 1. The molecule has 0 unspecified atom stereocenters. The quantitative estimate of drug-likeness (QED) is 0.682. The first-order chi connectivity index (χ1) is 13.9. The molecule has 29 heavy (non-hydrogen) atoms. The molecular weight excluding hydrogens is 388 g/mol. The van der Waals surface area contributed by atoms with Crippen LogP contribution in [0.1, 0.15) is 39.5 Å². The third-order valence-electron chi connectivity index (χ3n) is 5.44. The fraction of sp³-hybridized carbons (Fsp3) is 0.524. The number of benzene rings is 1. The maximum atomic E-state index is 11.9.